The zero-order valence-electron chi connectivity index (χ0n) is 7.12. The SMILES string of the molecule is CCCCC1(CC)N=NN=N1. The topological polar surface area (TPSA) is 49.4 Å². The van der Waals surface area contributed by atoms with Crippen molar-refractivity contribution in [3.63, 3.8) is 0 Å². The fourth-order valence-corrected chi connectivity index (χ4v) is 1.10. The smallest absolute Gasteiger partial charge is 0.135 e. The van der Waals surface area contributed by atoms with Crippen LogP contribution in [0.2, 0.25) is 0 Å². The van der Waals surface area contributed by atoms with Gasteiger partial charge in [0.2, 0.25) is 0 Å². The number of nitrogens with zero attached hydrogens (tertiary/aromatic N) is 4. The van der Waals surface area contributed by atoms with Crippen molar-refractivity contribution >= 4 is 0 Å². The highest BCUT2D eigenvalue weighted by molar-refractivity contribution is 4.82. The van der Waals surface area contributed by atoms with E-state index in [-0.39, 0.29) is 5.66 Å². The highest BCUT2D eigenvalue weighted by Crippen LogP contribution is 2.29. The third kappa shape index (κ3) is 1.82. The van der Waals surface area contributed by atoms with Crippen molar-refractivity contribution in [1.29, 1.82) is 0 Å². The molecule has 1 aliphatic heterocycles. The predicted octanol–water partition coefficient (Wildman–Crippen LogP) is 3.12. The van der Waals surface area contributed by atoms with Crippen molar-refractivity contribution in [3.8, 4) is 0 Å². The lowest BCUT2D eigenvalue weighted by molar-refractivity contribution is 0.382. The van der Waals surface area contributed by atoms with Gasteiger partial charge >= 0.3 is 0 Å². The standard InChI is InChI=1S/C7H14N4/c1-3-5-6-7(4-2)8-10-11-9-7/h3-6H2,1-2H3. The Morgan fingerprint density at radius 1 is 1.09 bits per heavy atom. The number of hydrogen-bond acceptors (Lipinski definition) is 4. The molecule has 0 amide bonds. The van der Waals surface area contributed by atoms with Gasteiger partial charge in [-0.1, -0.05) is 20.3 Å². The Morgan fingerprint density at radius 3 is 2.18 bits per heavy atom. The van der Waals surface area contributed by atoms with Crippen molar-refractivity contribution in [2.75, 3.05) is 0 Å². The van der Waals surface area contributed by atoms with Gasteiger partial charge in [-0.2, -0.15) is 0 Å². The molecule has 1 rings (SSSR count). The zero-order chi connectivity index (χ0) is 8.16. The second-order valence-electron chi connectivity index (χ2n) is 2.82. The van der Waals surface area contributed by atoms with Crippen LogP contribution in [-0.2, 0) is 0 Å². The molecule has 62 valence electrons. The van der Waals surface area contributed by atoms with Crippen LogP contribution in [0.15, 0.2) is 20.7 Å². The first-order valence-electron chi connectivity index (χ1n) is 4.17. The van der Waals surface area contributed by atoms with Crippen LogP contribution in [0.4, 0.5) is 0 Å². The fourth-order valence-electron chi connectivity index (χ4n) is 1.10. The minimum Gasteiger partial charge on any atom is -0.135 e. The lowest BCUT2D eigenvalue weighted by Crippen LogP contribution is -2.19. The average Bonchev–Trinajstić information content (AvgIpc) is 2.50. The summed E-state index contributed by atoms with van der Waals surface area (Å²) in [4.78, 5) is 0. The highest BCUT2D eigenvalue weighted by Gasteiger charge is 2.29. The summed E-state index contributed by atoms with van der Waals surface area (Å²) in [7, 11) is 0. The van der Waals surface area contributed by atoms with E-state index < -0.39 is 0 Å². The summed E-state index contributed by atoms with van der Waals surface area (Å²) in [5.41, 5.74) is -0.296. The summed E-state index contributed by atoms with van der Waals surface area (Å²) in [5, 5.41) is 15.1. The summed E-state index contributed by atoms with van der Waals surface area (Å²) in [5.74, 6) is 0. The third-order valence-corrected chi connectivity index (χ3v) is 2.00. The molecule has 0 fully saturated rings. The molecule has 0 atom stereocenters. The fraction of sp³-hybridized carbons (Fsp3) is 1.00. The summed E-state index contributed by atoms with van der Waals surface area (Å²) >= 11 is 0. The zero-order valence-corrected chi connectivity index (χ0v) is 7.12. The molecule has 1 heterocycles. The van der Waals surface area contributed by atoms with Crippen molar-refractivity contribution in [2.45, 2.75) is 45.2 Å². The maximum atomic E-state index is 4.01. The Morgan fingerprint density at radius 2 is 1.73 bits per heavy atom. The van der Waals surface area contributed by atoms with Crippen molar-refractivity contribution < 1.29 is 0 Å². The largest absolute Gasteiger partial charge is 0.195 e. The molecule has 0 bridgehead atoms. The van der Waals surface area contributed by atoms with E-state index in [1.54, 1.807) is 0 Å². The molecule has 11 heavy (non-hydrogen) atoms. The Bertz CT molecular complexity index is 161. The van der Waals surface area contributed by atoms with Crippen LogP contribution in [-0.4, -0.2) is 5.66 Å². The molecule has 0 aromatic heterocycles. The second-order valence-corrected chi connectivity index (χ2v) is 2.82. The summed E-state index contributed by atoms with van der Waals surface area (Å²) in [6, 6.07) is 0. The number of unbranched alkanes of at least 4 members (excludes halogenated alkanes) is 1. The number of hydrogen-bond donors (Lipinski definition) is 0. The van der Waals surface area contributed by atoms with E-state index >= 15 is 0 Å². The van der Waals surface area contributed by atoms with Gasteiger partial charge in [0.25, 0.3) is 0 Å². The van der Waals surface area contributed by atoms with Gasteiger partial charge in [-0.25, -0.2) is 0 Å². The summed E-state index contributed by atoms with van der Waals surface area (Å²) in [6.45, 7) is 4.23. The molecule has 0 saturated carbocycles. The van der Waals surface area contributed by atoms with Crippen LogP contribution in [0, 0.1) is 0 Å². The first-order valence-corrected chi connectivity index (χ1v) is 4.17. The molecule has 1 aliphatic rings. The lowest BCUT2D eigenvalue weighted by atomic mass is 10.0. The van der Waals surface area contributed by atoms with E-state index in [1.165, 1.54) is 6.42 Å². The van der Waals surface area contributed by atoms with Crippen LogP contribution in [0.25, 0.3) is 0 Å². The first kappa shape index (κ1) is 8.30. The van der Waals surface area contributed by atoms with Crippen molar-refractivity contribution in [1.82, 2.24) is 0 Å². The monoisotopic (exact) mass is 154 g/mol. The van der Waals surface area contributed by atoms with Gasteiger partial charge in [-0.3, -0.25) is 0 Å². The van der Waals surface area contributed by atoms with Gasteiger partial charge in [0.05, 0.1) is 0 Å². The quantitative estimate of drug-likeness (QED) is 0.597. The van der Waals surface area contributed by atoms with Gasteiger partial charge in [0, 0.05) is 0 Å². The van der Waals surface area contributed by atoms with E-state index in [0.717, 1.165) is 19.3 Å². The normalized spacial score (nSPS) is 19.5. The van der Waals surface area contributed by atoms with E-state index in [4.69, 9.17) is 0 Å². The second kappa shape index (κ2) is 3.55. The Balaban J connectivity index is 2.47. The van der Waals surface area contributed by atoms with Crippen LogP contribution in [0.3, 0.4) is 0 Å². The molecule has 0 N–H and O–H groups in total. The third-order valence-electron chi connectivity index (χ3n) is 2.00. The molecule has 0 radical (unpaired) electrons. The summed E-state index contributed by atoms with van der Waals surface area (Å²) in [6.07, 6.45) is 4.20. The van der Waals surface area contributed by atoms with Gasteiger partial charge in [0.15, 0.2) is 5.66 Å². The molecular formula is C7H14N4. The van der Waals surface area contributed by atoms with Crippen LogP contribution < -0.4 is 0 Å². The van der Waals surface area contributed by atoms with Gasteiger partial charge in [-0.15, -0.1) is 10.2 Å². The molecule has 0 saturated heterocycles. The minimum atomic E-state index is -0.296. The molecule has 0 aromatic carbocycles. The molecule has 0 unspecified atom stereocenters. The van der Waals surface area contributed by atoms with Gasteiger partial charge in [-0.05, 0) is 29.7 Å². The number of rotatable bonds is 4. The Kier molecular flexibility index (Phi) is 2.68. The maximum Gasteiger partial charge on any atom is 0.195 e. The van der Waals surface area contributed by atoms with Crippen LogP contribution >= 0.6 is 0 Å². The maximum absolute atomic E-state index is 4.01. The lowest BCUT2D eigenvalue weighted by Gasteiger charge is -2.15. The van der Waals surface area contributed by atoms with Crippen LogP contribution in [0.1, 0.15) is 39.5 Å². The Hall–Kier alpha value is -0.800. The van der Waals surface area contributed by atoms with E-state index in [0.29, 0.717) is 0 Å². The van der Waals surface area contributed by atoms with E-state index in [2.05, 4.69) is 34.5 Å². The van der Waals surface area contributed by atoms with Crippen molar-refractivity contribution in [3.05, 3.63) is 0 Å². The molecule has 4 nitrogen and oxygen atoms in total. The molecule has 4 heteroatoms. The van der Waals surface area contributed by atoms with E-state index in [9.17, 15) is 0 Å². The van der Waals surface area contributed by atoms with Crippen LogP contribution in [0.5, 0.6) is 0 Å². The van der Waals surface area contributed by atoms with Crippen molar-refractivity contribution in [2.24, 2.45) is 20.7 Å². The summed E-state index contributed by atoms with van der Waals surface area (Å²) < 4.78 is 0. The molecule has 0 aromatic rings. The minimum absolute atomic E-state index is 0.296. The van der Waals surface area contributed by atoms with Gasteiger partial charge < -0.3 is 0 Å². The Labute approximate surface area is 66.8 Å². The molecule has 0 spiro atoms. The first-order chi connectivity index (χ1) is 5.33. The predicted molar refractivity (Wildman–Crippen MR) is 42.3 cm³/mol. The molecule has 0 aliphatic carbocycles. The van der Waals surface area contributed by atoms with E-state index in [1.807, 2.05) is 0 Å². The molecular weight excluding hydrogens is 140 g/mol. The average molecular weight is 154 g/mol. The van der Waals surface area contributed by atoms with Gasteiger partial charge in [0.1, 0.15) is 0 Å². The highest BCUT2D eigenvalue weighted by atomic mass is 15.6.